The predicted molar refractivity (Wildman–Crippen MR) is 69.5 cm³/mol. The lowest BCUT2D eigenvalue weighted by atomic mass is 9.85. The summed E-state index contributed by atoms with van der Waals surface area (Å²) in [6, 6.07) is -1.01. The molecule has 0 radical (unpaired) electrons. The van der Waals surface area contributed by atoms with Crippen molar-refractivity contribution in [3.63, 3.8) is 0 Å². The molecule has 1 aliphatic rings. The van der Waals surface area contributed by atoms with Crippen molar-refractivity contribution in [3.05, 3.63) is 0 Å². The van der Waals surface area contributed by atoms with Crippen LogP contribution in [0.3, 0.4) is 0 Å². The molecule has 0 aliphatic heterocycles. The Morgan fingerprint density at radius 2 is 2.06 bits per heavy atom. The summed E-state index contributed by atoms with van der Waals surface area (Å²) < 4.78 is 0. The zero-order valence-electron chi connectivity index (χ0n) is 11.3. The summed E-state index contributed by atoms with van der Waals surface area (Å²) in [6.07, 6.45) is 4.83. The molecule has 1 rings (SSSR count). The highest BCUT2D eigenvalue weighted by Gasteiger charge is 2.25. The van der Waals surface area contributed by atoms with Crippen molar-refractivity contribution < 1.29 is 14.7 Å². The molecule has 2 N–H and O–H groups in total. The minimum atomic E-state index is -0.954. The Hall–Kier alpha value is -1.26. The predicted octanol–water partition coefficient (Wildman–Crippen LogP) is 2.07. The zero-order valence-corrected chi connectivity index (χ0v) is 11.3. The highest BCUT2D eigenvalue weighted by atomic mass is 16.4. The van der Waals surface area contributed by atoms with Gasteiger partial charge in [-0.15, -0.1) is 0 Å². The van der Waals surface area contributed by atoms with Gasteiger partial charge in [0.2, 0.25) is 0 Å². The summed E-state index contributed by atoms with van der Waals surface area (Å²) in [5.74, 6) is -0.352. The fourth-order valence-electron chi connectivity index (χ4n) is 2.13. The molecule has 2 amide bonds. The summed E-state index contributed by atoms with van der Waals surface area (Å²) in [5, 5.41) is 11.6. The molecule has 1 saturated carbocycles. The van der Waals surface area contributed by atoms with Crippen LogP contribution >= 0.6 is 0 Å². The summed E-state index contributed by atoms with van der Waals surface area (Å²) >= 11 is 0. The molecule has 1 fully saturated rings. The standard InChI is InChI=1S/C13H24N2O3/c1-3-6-11(12(16)17)14-13(18)15(4-2)9-10-7-5-8-10/h10-11H,3-9H2,1-2H3,(H,14,18)(H,16,17)/t11-/m1/s1. The van der Waals surface area contributed by atoms with E-state index in [9.17, 15) is 9.59 Å². The van der Waals surface area contributed by atoms with E-state index in [4.69, 9.17) is 5.11 Å². The van der Waals surface area contributed by atoms with Crippen molar-refractivity contribution in [2.75, 3.05) is 13.1 Å². The normalized spacial score (nSPS) is 16.8. The fraction of sp³-hybridized carbons (Fsp3) is 0.846. The second-order valence-electron chi connectivity index (χ2n) is 4.96. The quantitative estimate of drug-likeness (QED) is 0.732. The Morgan fingerprint density at radius 3 is 2.44 bits per heavy atom. The number of carboxylic acid groups (broad SMARTS) is 1. The molecule has 0 spiro atoms. The van der Waals surface area contributed by atoms with Gasteiger partial charge in [-0.1, -0.05) is 19.8 Å². The molecule has 1 atom stereocenters. The van der Waals surface area contributed by atoms with Crippen LogP contribution in [0.25, 0.3) is 0 Å². The first-order chi connectivity index (χ1) is 8.58. The van der Waals surface area contributed by atoms with Gasteiger partial charge >= 0.3 is 12.0 Å². The number of amides is 2. The molecule has 0 aromatic carbocycles. The molecule has 0 aromatic heterocycles. The van der Waals surface area contributed by atoms with Crippen LogP contribution in [0.1, 0.15) is 46.0 Å². The summed E-state index contributed by atoms with van der Waals surface area (Å²) in [5.41, 5.74) is 0. The van der Waals surface area contributed by atoms with E-state index in [2.05, 4.69) is 5.32 Å². The van der Waals surface area contributed by atoms with E-state index >= 15 is 0 Å². The lowest BCUT2D eigenvalue weighted by molar-refractivity contribution is -0.139. The molecule has 5 heteroatoms. The van der Waals surface area contributed by atoms with Crippen molar-refractivity contribution in [2.45, 2.75) is 52.0 Å². The number of urea groups is 1. The van der Waals surface area contributed by atoms with Crippen molar-refractivity contribution in [3.8, 4) is 0 Å². The van der Waals surface area contributed by atoms with Gasteiger partial charge in [0, 0.05) is 13.1 Å². The monoisotopic (exact) mass is 256 g/mol. The average molecular weight is 256 g/mol. The van der Waals surface area contributed by atoms with Crippen LogP contribution in [0.5, 0.6) is 0 Å². The van der Waals surface area contributed by atoms with Gasteiger partial charge < -0.3 is 15.3 Å². The van der Waals surface area contributed by atoms with Gasteiger partial charge in [-0.25, -0.2) is 9.59 Å². The first-order valence-electron chi connectivity index (χ1n) is 6.86. The van der Waals surface area contributed by atoms with Gasteiger partial charge in [-0.2, -0.15) is 0 Å². The molecule has 0 bridgehead atoms. The van der Waals surface area contributed by atoms with E-state index in [-0.39, 0.29) is 6.03 Å². The third-order valence-corrected chi connectivity index (χ3v) is 3.55. The molecule has 0 saturated heterocycles. The Balaban J connectivity index is 2.45. The average Bonchev–Trinajstić information content (AvgIpc) is 2.26. The Bertz CT molecular complexity index is 290. The maximum Gasteiger partial charge on any atom is 0.326 e. The largest absolute Gasteiger partial charge is 0.480 e. The maximum atomic E-state index is 12.0. The third-order valence-electron chi connectivity index (χ3n) is 3.55. The van der Waals surface area contributed by atoms with Gasteiger partial charge in [0.05, 0.1) is 0 Å². The fourth-order valence-corrected chi connectivity index (χ4v) is 2.13. The molecule has 0 aromatic rings. The van der Waals surface area contributed by atoms with E-state index in [1.165, 1.54) is 19.3 Å². The maximum absolute atomic E-state index is 12.0. The van der Waals surface area contributed by atoms with Crippen LogP contribution in [0, 0.1) is 5.92 Å². The van der Waals surface area contributed by atoms with Crippen LogP contribution < -0.4 is 5.32 Å². The smallest absolute Gasteiger partial charge is 0.326 e. The lowest BCUT2D eigenvalue weighted by Gasteiger charge is -2.32. The molecular formula is C13H24N2O3. The van der Waals surface area contributed by atoms with Crippen LogP contribution in [0.15, 0.2) is 0 Å². The first-order valence-corrected chi connectivity index (χ1v) is 6.86. The van der Waals surface area contributed by atoms with Crippen LogP contribution in [0.2, 0.25) is 0 Å². The van der Waals surface area contributed by atoms with E-state index in [0.717, 1.165) is 13.0 Å². The van der Waals surface area contributed by atoms with Crippen molar-refractivity contribution >= 4 is 12.0 Å². The van der Waals surface area contributed by atoms with E-state index < -0.39 is 12.0 Å². The highest BCUT2D eigenvalue weighted by Crippen LogP contribution is 2.27. The molecule has 18 heavy (non-hydrogen) atoms. The number of aliphatic carboxylic acids is 1. The zero-order chi connectivity index (χ0) is 13.5. The van der Waals surface area contributed by atoms with Gasteiger partial charge in [0.15, 0.2) is 0 Å². The van der Waals surface area contributed by atoms with Crippen molar-refractivity contribution in [1.82, 2.24) is 10.2 Å². The van der Waals surface area contributed by atoms with Gasteiger partial charge in [0.1, 0.15) is 6.04 Å². The second-order valence-corrected chi connectivity index (χ2v) is 4.96. The van der Waals surface area contributed by atoms with Crippen LogP contribution in [-0.2, 0) is 4.79 Å². The number of nitrogens with zero attached hydrogens (tertiary/aromatic N) is 1. The van der Waals surface area contributed by atoms with E-state index in [1.807, 2.05) is 13.8 Å². The first kappa shape index (κ1) is 14.8. The lowest BCUT2D eigenvalue weighted by Crippen LogP contribution is -2.49. The number of rotatable bonds is 7. The van der Waals surface area contributed by atoms with Crippen LogP contribution in [0.4, 0.5) is 4.79 Å². The van der Waals surface area contributed by atoms with Crippen LogP contribution in [-0.4, -0.2) is 41.1 Å². The Morgan fingerprint density at radius 1 is 1.39 bits per heavy atom. The summed E-state index contributed by atoms with van der Waals surface area (Å²) in [4.78, 5) is 24.7. The van der Waals surface area contributed by atoms with Gasteiger partial charge in [-0.05, 0) is 32.1 Å². The molecule has 0 unspecified atom stereocenters. The SMILES string of the molecule is CCC[C@@H](NC(=O)N(CC)CC1CCC1)C(=O)O. The van der Waals surface area contributed by atoms with Gasteiger partial charge in [0.25, 0.3) is 0 Å². The minimum absolute atomic E-state index is 0.245. The molecule has 5 nitrogen and oxygen atoms in total. The summed E-state index contributed by atoms with van der Waals surface area (Å²) in [6.45, 7) is 5.21. The molecule has 1 aliphatic carbocycles. The topological polar surface area (TPSA) is 69.6 Å². The highest BCUT2D eigenvalue weighted by molar-refractivity contribution is 5.82. The number of carbonyl (C=O) groups is 2. The number of carboxylic acids is 1. The van der Waals surface area contributed by atoms with Crippen molar-refractivity contribution in [1.29, 1.82) is 0 Å². The second kappa shape index (κ2) is 7.24. The molecule has 0 heterocycles. The van der Waals surface area contributed by atoms with Crippen molar-refractivity contribution in [2.24, 2.45) is 5.92 Å². The Kier molecular flexibility index (Phi) is 5.95. The number of carbonyl (C=O) groups excluding carboxylic acids is 1. The number of nitrogens with one attached hydrogen (secondary N) is 1. The molecule has 104 valence electrons. The number of hydrogen-bond donors (Lipinski definition) is 2. The van der Waals surface area contributed by atoms with E-state index in [1.54, 1.807) is 4.90 Å². The Labute approximate surface area is 109 Å². The third kappa shape index (κ3) is 4.20. The minimum Gasteiger partial charge on any atom is -0.480 e. The molecular weight excluding hydrogens is 232 g/mol. The van der Waals surface area contributed by atoms with Gasteiger partial charge in [-0.3, -0.25) is 0 Å². The summed E-state index contributed by atoms with van der Waals surface area (Å²) in [7, 11) is 0. The number of hydrogen-bond acceptors (Lipinski definition) is 2. The van der Waals surface area contributed by atoms with E-state index in [0.29, 0.717) is 18.9 Å².